The van der Waals surface area contributed by atoms with E-state index in [9.17, 15) is 0 Å². The molecule has 0 saturated carbocycles. The van der Waals surface area contributed by atoms with E-state index in [2.05, 4.69) is 82.7 Å². The summed E-state index contributed by atoms with van der Waals surface area (Å²) in [5, 5.41) is 6.33. The van der Waals surface area contributed by atoms with Crippen LogP contribution in [-0.2, 0) is 19.5 Å². The van der Waals surface area contributed by atoms with Crippen LogP contribution < -0.4 is 5.32 Å². The summed E-state index contributed by atoms with van der Waals surface area (Å²) in [4.78, 5) is 3.36. The van der Waals surface area contributed by atoms with E-state index in [1.165, 1.54) is 32.9 Å². The van der Waals surface area contributed by atoms with Crippen molar-refractivity contribution in [1.82, 2.24) is 14.9 Å². The van der Waals surface area contributed by atoms with Crippen LogP contribution in [0.25, 0.3) is 21.8 Å². The molecule has 128 valence electrons. The number of aromatic amines is 1. The van der Waals surface area contributed by atoms with Gasteiger partial charge in [0.2, 0.25) is 0 Å². The number of aromatic nitrogens is 2. The van der Waals surface area contributed by atoms with Gasteiger partial charge in [-0.15, -0.1) is 0 Å². The fraction of sp³-hybridized carbons (Fsp3) is 0.273. The molecule has 0 amide bonds. The Hall–Kier alpha value is -2.52. The minimum atomic E-state index is 0.916. The summed E-state index contributed by atoms with van der Waals surface area (Å²) < 4.78 is 2.38. The maximum atomic E-state index is 3.63. The molecular weight excluding hydrogens is 306 g/mol. The van der Waals surface area contributed by atoms with Gasteiger partial charge in [0.05, 0.1) is 0 Å². The van der Waals surface area contributed by atoms with Crippen LogP contribution in [0.2, 0.25) is 0 Å². The number of hydrogen-bond donors (Lipinski definition) is 2. The lowest BCUT2D eigenvalue weighted by molar-refractivity contribution is 0.675. The molecule has 0 unspecified atom stereocenters. The zero-order valence-corrected chi connectivity index (χ0v) is 14.8. The van der Waals surface area contributed by atoms with Gasteiger partial charge in [-0.3, -0.25) is 0 Å². The molecule has 2 aromatic carbocycles. The molecule has 0 fully saturated rings. The van der Waals surface area contributed by atoms with Gasteiger partial charge in [-0.05, 0) is 42.6 Å². The molecule has 3 nitrogen and oxygen atoms in total. The maximum Gasteiger partial charge on any atom is 0.0483 e. The average Bonchev–Trinajstić information content (AvgIpc) is 3.21. The molecule has 3 heteroatoms. The Labute approximate surface area is 148 Å². The Morgan fingerprint density at radius 3 is 2.64 bits per heavy atom. The zero-order valence-electron chi connectivity index (χ0n) is 14.8. The number of aryl methyl sites for hydroxylation is 1. The third kappa shape index (κ3) is 3.20. The molecule has 25 heavy (non-hydrogen) atoms. The van der Waals surface area contributed by atoms with Crippen molar-refractivity contribution in [2.24, 2.45) is 0 Å². The molecule has 0 aliphatic carbocycles. The first-order valence-electron chi connectivity index (χ1n) is 9.19. The van der Waals surface area contributed by atoms with Gasteiger partial charge >= 0.3 is 0 Å². The van der Waals surface area contributed by atoms with E-state index in [0.717, 1.165) is 32.5 Å². The van der Waals surface area contributed by atoms with Crippen molar-refractivity contribution in [3.8, 4) is 0 Å². The third-order valence-electron chi connectivity index (χ3n) is 4.90. The fourth-order valence-corrected chi connectivity index (χ4v) is 3.67. The smallest absolute Gasteiger partial charge is 0.0483 e. The molecule has 4 rings (SSSR count). The summed E-state index contributed by atoms with van der Waals surface area (Å²) in [6.45, 7) is 5.21. The van der Waals surface area contributed by atoms with Crippen LogP contribution in [0.5, 0.6) is 0 Å². The Morgan fingerprint density at radius 1 is 0.960 bits per heavy atom. The summed E-state index contributed by atoms with van der Waals surface area (Å²) in [5.41, 5.74) is 5.34. The highest BCUT2D eigenvalue weighted by atomic mass is 15.0. The Kier molecular flexibility index (Phi) is 4.57. The molecule has 2 heterocycles. The standard InChI is InChI=1S/C22H25N3/c1-2-13-25-16-18(20-8-4-6-10-22(20)25)14-23-12-11-17-15-24-21-9-5-3-7-19(17)21/h3-10,15-16,23-24H,2,11-14H2,1H3. The number of nitrogens with zero attached hydrogens (tertiary/aromatic N) is 1. The zero-order chi connectivity index (χ0) is 17.1. The highest BCUT2D eigenvalue weighted by Gasteiger charge is 2.07. The number of nitrogens with one attached hydrogen (secondary N) is 2. The van der Waals surface area contributed by atoms with Crippen LogP contribution in [0.3, 0.4) is 0 Å². The van der Waals surface area contributed by atoms with Crippen molar-refractivity contribution in [2.75, 3.05) is 6.54 Å². The number of H-pyrrole nitrogens is 1. The molecular formula is C22H25N3. The van der Waals surface area contributed by atoms with Crippen LogP contribution in [0.4, 0.5) is 0 Å². The molecule has 2 aromatic heterocycles. The minimum absolute atomic E-state index is 0.916. The fourth-order valence-electron chi connectivity index (χ4n) is 3.67. The van der Waals surface area contributed by atoms with Crippen molar-refractivity contribution in [2.45, 2.75) is 32.9 Å². The summed E-state index contributed by atoms with van der Waals surface area (Å²) in [5.74, 6) is 0. The lowest BCUT2D eigenvalue weighted by atomic mass is 10.1. The summed E-state index contributed by atoms with van der Waals surface area (Å²) >= 11 is 0. The second-order valence-corrected chi connectivity index (χ2v) is 6.65. The molecule has 2 N–H and O–H groups in total. The lowest BCUT2D eigenvalue weighted by Gasteiger charge is -2.04. The van der Waals surface area contributed by atoms with E-state index in [0.29, 0.717) is 0 Å². The van der Waals surface area contributed by atoms with Crippen LogP contribution >= 0.6 is 0 Å². The van der Waals surface area contributed by atoms with E-state index in [4.69, 9.17) is 0 Å². The monoisotopic (exact) mass is 331 g/mol. The molecule has 0 bridgehead atoms. The van der Waals surface area contributed by atoms with E-state index >= 15 is 0 Å². The molecule has 4 aromatic rings. The molecule has 0 aliphatic rings. The van der Waals surface area contributed by atoms with Crippen molar-refractivity contribution in [3.05, 3.63) is 72.1 Å². The summed E-state index contributed by atoms with van der Waals surface area (Å²) in [7, 11) is 0. The average molecular weight is 331 g/mol. The van der Waals surface area contributed by atoms with Gasteiger partial charge in [-0.25, -0.2) is 0 Å². The van der Waals surface area contributed by atoms with E-state index < -0.39 is 0 Å². The molecule has 0 radical (unpaired) electrons. The SMILES string of the molecule is CCCn1cc(CNCCc2c[nH]c3ccccc23)c2ccccc21. The van der Waals surface area contributed by atoms with Crippen molar-refractivity contribution >= 4 is 21.8 Å². The second kappa shape index (κ2) is 7.16. The Bertz CT molecular complexity index is 977. The van der Waals surface area contributed by atoms with E-state index in [1.54, 1.807) is 0 Å². The number of fused-ring (bicyclic) bond motifs is 2. The number of benzene rings is 2. The van der Waals surface area contributed by atoms with Crippen LogP contribution in [-0.4, -0.2) is 16.1 Å². The quantitative estimate of drug-likeness (QED) is 0.466. The third-order valence-corrected chi connectivity index (χ3v) is 4.90. The maximum absolute atomic E-state index is 3.63. The van der Waals surface area contributed by atoms with Crippen molar-refractivity contribution in [1.29, 1.82) is 0 Å². The normalized spacial score (nSPS) is 11.6. The predicted molar refractivity (Wildman–Crippen MR) is 106 cm³/mol. The van der Waals surface area contributed by atoms with Crippen molar-refractivity contribution < 1.29 is 0 Å². The summed E-state index contributed by atoms with van der Waals surface area (Å²) in [6.07, 6.45) is 6.65. The number of para-hydroxylation sites is 2. The van der Waals surface area contributed by atoms with Gasteiger partial charge in [0, 0.05) is 47.3 Å². The van der Waals surface area contributed by atoms with Crippen molar-refractivity contribution in [3.63, 3.8) is 0 Å². The summed E-state index contributed by atoms with van der Waals surface area (Å²) in [6, 6.07) is 17.2. The highest BCUT2D eigenvalue weighted by Crippen LogP contribution is 2.22. The lowest BCUT2D eigenvalue weighted by Crippen LogP contribution is -2.16. The first-order chi connectivity index (χ1) is 12.4. The van der Waals surface area contributed by atoms with Crippen LogP contribution in [0, 0.1) is 0 Å². The van der Waals surface area contributed by atoms with Crippen LogP contribution in [0.1, 0.15) is 24.5 Å². The first kappa shape index (κ1) is 16.0. The molecule has 0 spiro atoms. The topological polar surface area (TPSA) is 32.8 Å². The second-order valence-electron chi connectivity index (χ2n) is 6.65. The minimum Gasteiger partial charge on any atom is -0.361 e. The number of rotatable bonds is 7. The molecule has 0 aliphatic heterocycles. The molecule has 0 saturated heterocycles. The Morgan fingerprint density at radius 2 is 1.76 bits per heavy atom. The van der Waals surface area contributed by atoms with Gasteiger partial charge in [-0.1, -0.05) is 43.3 Å². The van der Waals surface area contributed by atoms with Gasteiger partial charge in [0.15, 0.2) is 0 Å². The van der Waals surface area contributed by atoms with Gasteiger partial charge < -0.3 is 14.9 Å². The largest absolute Gasteiger partial charge is 0.361 e. The molecule has 0 atom stereocenters. The van der Waals surface area contributed by atoms with E-state index in [1.807, 2.05) is 0 Å². The van der Waals surface area contributed by atoms with Gasteiger partial charge in [0.1, 0.15) is 0 Å². The van der Waals surface area contributed by atoms with Gasteiger partial charge in [0.25, 0.3) is 0 Å². The number of hydrogen-bond acceptors (Lipinski definition) is 1. The van der Waals surface area contributed by atoms with Crippen LogP contribution in [0.15, 0.2) is 60.9 Å². The predicted octanol–water partition coefficient (Wildman–Crippen LogP) is 4.86. The Balaban J connectivity index is 1.43. The van der Waals surface area contributed by atoms with E-state index in [-0.39, 0.29) is 0 Å². The first-order valence-corrected chi connectivity index (χ1v) is 9.19. The highest BCUT2D eigenvalue weighted by molar-refractivity contribution is 5.84. The van der Waals surface area contributed by atoms with Gasteiger partial charge in [-0.2, -0.15) is 0 Å².